The third kappa shape index (κ3) is 6.93. The summed E-state index contributed by atoms with van der Waals surface area (Å²) in [5.74, 6) is -0.308. The molecular formula is C11H23NO5S. The molecule has 0 aromatic rings. The highest BCUT2D eigenvalue weighted by Gasteiger charge is 2.21. The van der Waals surface area contributed by atoms with Gasteiger partial charge in [-0.3, -0.25) is 4.79 Å². The lowest BCUT2D eigenvalue weighted by Gasteiger charge is -2.21. The molecule has 0 aromatic heterocycles. The van der Waals surface area contributed by atoms with Crippen molar-refractivity contribution >= 4 is 16.0 Å². The Hall–Kier alpha value is -0.660. The summed E-state index contributed by atoms with van der Waals surface area (Å²) in [7, 11) is -0.519. The maximum Gasteiger partial charge on any atom is 0.306 e. The Morgan fingerprint density at radius 3 is 2.39 bits per heavy atom. The van der Waals surface area contributed by atoms with Crippen molar-refractivity contribution in [3.05, 3.63) is 0 Å². The lowest BCUT2D eigenvalue weighted by atomic mass is 10.4. The van der Waals surface area contributed by atoms with Crippen LogP contribution in [-0.4, -0.2) is 58.4 Å². The molecule has 0 aliphatic heterocycles. The van der Waals surface area contributed by atoms with Crippen molar-refractivity contribution in [2.24, 2.45) is 0 Å². The third-order valence-electron chi connectivity index (χ3n) is 2.49. The quantitative estimate of drug-likeness (QED) is 0.549. The SMILES string of the molecule is CCCCS(=O)(=O)N(CCOC)CCC(=O)OC. The average molecular weight is 281 g/mol. The van der Waals surface area contributed by atoms with Crippen molar-refractivity contribution in [2.45, 2.75) is 26.2 Å². The second kappa shape index (κ2) is 9.29. The van der Waals surface area contributed by atoms with Crippen molar-refractivity contribution in [3.63, 3.8) is 0 Å². The van der Waals surface area contributed by atoms with E-state index in [0.717, 1.165) is 6.42 Å². The largest absolute Gasteiger partial charge is 0.469 e. The van der Waals surface area contributed by atoms with Gasteiger partial charge in [-0.2, -0.15) is 4.31 Å². The van der Waals surface area contributed by atoms with Crippen LogP contribution in [0.5, 0.6) is 0 Å². The predicted octanol–water partition coefficient (Wildman–Crippen LogP) is 0.628. The maximum absolute atomic E-state index is 12.0. The Kier molecular flexibility index (Phi) is 8.95. The Morgan fingerprint density at radius 1 is 1.22 bits per heavy atom. The number of rotatable bonds is 10. The highest BCUT2D eigenvalue weighted by molar-refractivity contribution is 7.89. The number of nitrogens with zero attached hydrogens (tertiary/aromatic N) is 1. The van der Waals surface area contributed by atoms with Gasteiger partial charge in [-0.1, -0.05) is 13.3 Å². The molecule has 108 valence electrons. The van der Waals surface area contributed by atoms with Gasteiger partial charge in [0.15, 0.2) is 0 Å². The fraction of sp³-hybridized carbons (Fsp3) is 0.909. The van der Waals surface area contributed by atoms with E-state index in [2.05, 4.69) is 4.74 Å². The Balaban J connectivity index is 4.49. The van der Waals surface area contributed by atoms with Gasteiger partial charge in [0.1, 0.15) is 0 Å². The molecule has 18 heavy (non-hydrogen) atoms. The molecule has 0 saturated carbocycles. The molecule has 0 N–H and O–H groups in total. The minimum absolute atomic E-state index is 0.0611. The van der Waals surface area contributed by atoms with E-state index in [0.29, 0.717) is 13.0 Å². The molecule has 0 aliphatic carbocycles. The van der Waals surface area contributed by atoms with Crippen LogP contribution in [0.2, 0.25) is 0 Å². The van der Waals surface area contributed by atoms with E-state index < -0.39 is 16.0 Å². The van der Waals surface area contributed by atoms with Crippen LogP contribution in [0.4, 0.5) is 0 Å². The van der Waals surface area contributed by atoms with Crippen molar-refractivity contribution in [2.75, 3.05) is 39.7 Å². The van der Waals surface area contributed by atoms with Crippen LogP contribution in [0.15, 0.2) is 0 Å². The first kappa shape index (κ1) is 17.3. The smallest absolute Gasteiger partial charge is 0.306 e. The van der Waals surface area contributed by atoms with Crippen molar-refractivity contribution in [1.29, 1.82) is 0 Å². The molecule has 0 aromatic carbocycles. The lowest BCUT2D eigenvalue weighted by molar-refractivity contribution is -0.140. The molecular weight excluding hydrogens is 258 g/mol. The standard InChI is InChI=1S/C11H23NO5S/c1-4-5-10-18(14,15)12(8-9-16-2)7-6-11(13)17-3/h4-10H2,1-3H3. The number of esters is 1. The zero-order valence-corrected chi connectivity index (χ0v) is 12.2. The number of carbonyl (C=O) groups excluding carboxylic acids is 1. The molecule has 0 radical (unpaired) electrons. The molecule has 0 fully saturated rings. The molecule has 0 unspecified atom stereocenters. The number of hydrogen-bond acceptors (Lipinski definition) is 5. The number of sulfonamides is 1. The van der Waals surface area contributed by atoms with Crippen LogP contribution < -0.4 is 0 Å². The van der Waals surface area contributed by atoms with Gasteiger partial charge in [0.05, 0.1) is 25.9 Å². The number of methoxy groups -OCH3 is 2. The summed E-state index contributed by atoms with van der Waals surface area (Å²) in [6.45, 7) is 2.65. The number of hydrogen-bond donors (Lipinski definition) is 0. The van der Waals surface area contributed by atoms with Crippen molar-refractivity contribution in [1.82, 2.24) is 4.31 Å². The van der Waals surface area contributed by atoms with E-state index >= 15 is 0 Å². The molecule has 0 rings (SSSR count). The minimum Gasteiger partial charge on any atom is -0.469 e. The first-order chi connectivity index (χ1) is 8.47. The third-order valence-corrected chi connectivity index (χ3v) is 4.44. The van der Waals surface area contributed by atoms with E-state index in [1.54, 1.807) is 0 Å². The summed E-state index contributed by atoms with van der Waals surface area (Å²) in [4.78, 5) is 11.1. The summed E-state index contributed by atoms with van der Waals surface area (Å²) in [6, 6.07) is 0. The Bertz CT molecular complexity index is 328. The zero-order valence-electron chi connectivity index (χ0n) is 11.3. The number of ether oxygens (including phenoxy) is 2. The minimum atomic E-state index is -3.32. The topological polar surface area (TPSA) is 72.9 Å². The molecule has 0 bridgehead atoms. The summed E-state index contributed by atoms with van der Waals surface area (Å²) in [5.41, 5.74) is 0. The predicted molar refractivity (Wildman–Crippen MR) is 68.8 cm³/mol. The van der Waals surface area contributed by atoms with Gasteiger partial charge >= 0.3 is 5.97 Å². The molecule has 6 nitrogen and oxygen atoms in total. The van der Waals surface area contributed by atoms with Crippen LogP contribution in [0.25, 0.3) is 0 Å². The van der Waals surface area contributed by atoms with E-state index in [1.165, 1.54) is 18.5 Å². The normalized spacial score (nSPS) is 11.8. The van der Waals surface area contributed by atoms with Gasteiger partial charge < -0.3 is 9.47 Å². The van der Waals surface area contributed by atoms with E-state index in [-0.39, 0.29) is 25.3 Å². The monoisotopic (exact) mass is 281 g/mol. The highest BCUT2D eigenvalue weighted by atomic mass is 32.2. The molecule has 0 aliphatic rings. The van der Waals surface area contributed by atoms with Crippen LogP contribution in [-0.2, 0) is 24.3 Å². The number of unbranched alkanes of at least 4 members (excludes halogenated alkanes) is 1. The maximum atomic E-state index is 12.0. The molecule has 0 atom stereocenters. The van der Waals surface area contributed by atoms with Crippen LogP contribution in [0.1, 0.15) is 26.2 Å². The van der Waals surface area contributed by atoms with Crippen molar-refractivity contribution < 1.29 is 22.7 Å². The molecule has 0 amide bonds. The van der Waals surface area contributed by atoms with Gasteiger partial charge in [-0.15, -0.1) is 0 Å². The first-order valence-corrected chi connectivity index (χ1v) is 7.62. The lowest BCUT2D eigenvalue weighted by Crippen LogP contribution is -2.37. The summed E-state index contributed by atoms with van der Waals surface area (Å²) in [5, 5.41) is 0. The van der Waals surface area contributed by atoms with Gasteiger partial charge in [0, 0.05) is 20.2 Å². The van der Waals surface area contributed by atoms with Crippen LogP contribution in [0.3, 0.4) is 0 Å². The Morgan fingerprint density at radius 2 is 1.89 bits per heavy atom. The summed E-state index contributed by atoms with van der Waals surface area (Å²) < 4.78 is 34.7. The van der Waals surface area contributed by atoms with Gasteiger partial charge in [0.2, 0.25) is 10.0 Å². The van der Waals surface area contributed by atoms with E-state index in [9.17, 15) is 13.2 Å². The molecule has 7 heteroatoms. The average Bonchev–Trinajstić information content (AvgIpc) is 2.35. The molecule has 0 saturated heterocycles. The Labute approximate surface area is 109 Å². The van der Waals surface area contributed by atoms with Gasteiger partial charge in [-0.25, -0.2) is 8.42 Å². The van der Waals surface area contributed by atoms with E-state index in [1.807, 2.05) is 6.92 Å². The molecule has 0 spiro atoms. The fourth-order valence-corrected chi connectivity index (χ4v) is 2.99. The zero-order chi connectivity index (χ0) is 14.0. The fourth-order valence-electron chi connectivity index (χ4n) is 1.36. The first-order valence-electron chi connectivity index (χ1n) is 6.01. The second-order valence-electron chi connectivity index (χ2n) is 3.89. The van der Waals surface area contributed by atoms with Crippen LogP contribution >= 0.6 is 0 Å². The second-order valence-corrected chi connectivity index (χ2v) is 5.98. The van der Waals surface area contributed by atoms with Crippen LogP contribution in [0, 0.1) is 0 Å². The number of carbonyl (C=O) groups is 1. The van der Waals surface area contributed by atoms with Gasteiger partial charge in [-0.05, 0) is 6.42 Å². The highest BCUT2D eigenvalue weighted by Crippen LogP contribution is 2.06. The summed E-state index contributed by atoms with van der Waals surface area (Å²) in [6.07, 6.45) is 1.49. The van der Waals surface area contributed by atoms with Gasteiger partial charge in [0.25, 0.3) is 0 Å². The molecule has 0 heterocycles. The van der Waals surface area contributed by atoms with E-state index in [4.69, 9.17) is 4.74 Å². The summed E-state index contributed by atoms with van der Waals surface area (Å²) >= 11 is 0. The van der Waals surface area contributed by atoms with Crippen molar-refractivity contribution in [3.8, 4) is 0 Å².